The molecular formula is C8H9IO2S. The van der Waals surface area contributed by atoms with Gasteiger partial charge in [0.1, 0.15) is 0 Å². The summed E-state index contributed by atoms with van der Waals surface area (Å²) in [4.78, 5) is 0.387. The number of hydrogen-bond acceptors (Lipinski definition) is 2. The van der Waals surface area contributed by atoms with E-state index in [4.69, 9.17) is 0 Å². The molecule has 0 saturated carbocycles. The van der Waals surface area contributed by atoms with Crippen molar-refractivity contribution in [3.63, 3.8) is 0 Å². The normalized spacial score (nSPS) is 11.6. The summed E-state index contributed by atoms with van der Waals surface area (Å²) in [5.74, 6) is 0. The van der Waals surface area contributed by atoms with Crippen molar-refractivity contribution in [2.45, 2.75) is 11.8 Å². The van der Waals surface area contributed by atoms with E-state index in [1.807, 2.05) is 13.0 Å². The van der Waals surface area contributed by atoms with E-state index in [2.05, 4.69) is 22.6 Å². The second-order valence-electron chi connectivity index (χ2n) is 2.68. The Morgan fingerprint density at radius 1 is 1.33 bits per heavy atom. The highest BCUT2D eigenvalue weighted by molar-refractivity contribution is 14.1. The van der Waals surface area contributed by atoms with E-state index in [0.717, 1.165) is 9.13 Å². The van der Waals surface area contributed by atoms with Crippen molar-refractivity contribution in [2.75, 3.05) is 6.26 Å². The maximum atomic E-state index is 11.1. The van der Waals surface area contributed by atoms with Gasteiger partial charge in [0, 0.05) is 9.83 Å². The Kier molecular flexibility index (Phi) is 2.77. The van der Waals surface area contributed by atoms with Gasteiger partial charge < -0.3 is 0 Å². The van der Waals surface area contributed by atoms with Crippen LogP contribution in [0.25, 0.3) is 0 Å². The lowest BCUT2D eigenvalue weighted by Gasteiger charge is -2.00. The fourth-order valence-electron chi connectivity index (χ4n) is 0.804. The number of sulfone groups is 1. The van der Waals surface area contributed by atoms with Gasteiger partial charge >= 0.3 is 0 Å². The van der Waals surface area contributed by atoms with E-state index >= 15 is 0 Å². The van der Waals surface area contributed by atoms with Crippen molar-refractivity contribution in [3.8, 4) is 0 Å². The zero-order valence-corrected chi connectivity index (χ0v) is 9.81. The SMILES string of the molecule is Cc1ccc(S(C)(=O)=O)cc1I. The third kappa shape index (κ3) is 2.20. The van der Waals surface area contributed by atoms with Gasteiger partial charge in [0.25, 0.3) is 0 Å². The van der Waals surface area contributed by atoms with Crippen LogP contribution in [0.15, 0.2) is 23.1 Å². The molecule has 0 radical (unpaired) electrons. The molecule has 0 aliphatic rings. The summed E-state index contributed by atoms with van der Waals surface area (Å²) in [7, 11) is -3.05. The Morgan fingerprint density at radius 2 is 1.92 bits per heavy atom. The van der Waals surface area contributed by atoms with Crippen molar-refractivity contribution in [3.05, 3.63) is 27.3 Å². The van der Waals surface area contributed by atoms with E-state index in [-0.39, 0.29) is 0 Å². The van der Waals surface area contributed by atoms with Gasteiger partial charge in [-0.25, -0.2) is 8.42 Å². The van der Waals surface area contributed by atoms with Gasteiger partial charge in [-0.3, -0.25) is 0 Å². The smallest absolute Gasteiger partial charge is 0.175 e. The molecule has 0 amide bonds. The average molecular weight is 296 g/mol. The van der Waals surface area contributed by atoms with Crippen LogP contribution < -0.4 is 0 Å². The fourth-order valence-corrected chi connectivity index (χ4v) is 2.18. The summed E-state index contributed by atoms with van der Waals surface area (Å²) in [6, 6.07) is 5.14. The van der Waals surface area contributed by atoms with E-state index in [1.165, 1.54) is 6.26 Å². The Balaban J connectivity index is 3.33. The van der Waals surface area contributed by atoms with Crippen molar-refractivity contribution in [1.82, 2.24) is 0 Å². The minimum absolute atomic E-state index is 0.387. The summed E-state index contributed by atoms with van der Waals surface area (Å²) >= 11 is 2.13. The van der Waals surface area contributed by atoms with Gasteiger partial charge in [-0.2, -0.15) is 0 Å². The molecule has 0 spiro atoms. The van der Waals surface area contributed by atoms with Crippen LogP contribution in [0.5, 0.6) is 0 Å². The third-order valence-corrected chi connectivity index (χ3v) is 3.84. The van der Waals surface area contributed by atoms with E-state index < -0.39 is 9.84 Å². The molecule has 2 nitrogen and oxygen atoms in total. The van der Waals surface area contributed by atoms with Crippen LogP contribution >= 0.6 is 22.6 Å². The molecule has 0 aliphatic carbocycles. The molecule has 0 bridgehead atoms. The summed E-state index contributed by atoms with van der Waals surface area (Å²) < 4.78 is 23.2. The third-order valence-electron chi connectivity index (χ3n) is 1.57. The minimum atomic E-state index is -3.05. The first kappa shape index (κ1) is 9.98. The average Bonchev–Trinajstić information content (AvgIpc) is 1.92. The van der Waals surface area contributed by atoms with E-state index in [9.17, 15) is 8.42 Å². The molecule has 0 heterocycles. The minimum Gasteiger partial charge on any atom is -0.224 e. The summed E-state index contributed by atoms with van der Waals surface area (Å²) in [6.07, 6.45) is 1.22. The van der Waals surface area contributed by atoms with Crippen LogP contribution in [-0.4, -0.2) is 14.7 Å². The monoisotopic (exact) mass is 296 g/mol. The Bertz CT molecular complexity index is 396. The fraction of sp³-hybridized carbons (Fsp3) is 0.250. The van der Waals surface area contributed by atoms with Crippen molar-refractivity contribution >= 4 is 32.4 Å². The molecule has 0 fully saturated rings. The van der Waals surface area contributed by atoms with Crippen LogP contribution in [-0.2, 0) is 9.84 Å². The van der Waals surface area contributed by atoms with E-state index in [1.54, 1.807) is 12.1 Å². The molecule has 0 N–H and O–H groups in total. The largest absolute Gasteiger partial charge is 0.224 e. The predicted octanol–water partition coefficient (Wildman–Crippen LogP) is 2.00. The Hall–Kier alpha value is -0.100. The Morgan fingerprint density at radius 3 is 2.33 bits per heavy atom. The van der Waals surface area contributed by atoms with Gasteiger partial charge in [0.2, 0.25) is 0 Å². The number of hydrogen-bond donors (Lipinski definition) is 0. The molecule has 12 heavy (non-hydrogen) atoms. The highest BCUT2D eigenvalue weighted by Gasteiger charge is 2.07. The first-order valence-corrected chi connectivity index (χ1v) is 6.34. The second kappa shape index (κ2) is 3.33. The molecule has 0 aliphatic heterocycles. The first-order valence-electron chi connectivity index (χ1n) is 3.37. The van der Waals surface area contributed by atoms with E-state index in [0.29, 0.717) is 4.90 Å². The van der Waals surface area contributed by atoms with Gasteiger partial charge in [0.05, 0.1) is 4.90 Å². The number of rotatable bonds is 1. The lowest BCUT2D eigenvalue weighted by molar-refractivity contribution is 0.602. The predicted molar refractivity (Wildman–Crippen MR) is 57.0 cm³/mol. The number of halogens is 1. The quantitative estimate of drug-likeness (QED) is 0.743. The van der Waals surface area contributed by atoms with Gasteiger partial charge in [-0.1, -0.05) is 6.07 Å². The van der Waals surface area contributed by atoms with Crippen LogP contribution in [0, 0.1) is 10.5 Å². The topological polar surface area (TPSA) is 34.1 Å². The highest BCUT2D eigenvalue weighted by Crippen LogP contribution is 2.16. The highest BCUT2D eigenvalue weighted by atomic mass is 127. The van der Waals surface area contributed by atoms with Crippen LogP contribution in [0.3, 0.4) is 0 Å². The summed E-state index contributed by atoms with van der Waals surface area (Å²) in [5.41, 5.74) is 1.10. The molecule has 0 saturated heterocycles. The van der Waals surface area contributed by atoms with Crippen LogP contribution in [0.4, 0.5) is 0 Å². The zero-order chi connectivity index (χ0) is 9.35. The molecule has 1 aromatic rings. The van der Waals surface area contributed by atoms with Gasteiger partial charge in [-0.05, 0) is 47.2 Å². The molecule has 0 atom stereocenters. The van der Waals surface area contributed by atoms with Crippen molar-refractivity contribution in [1.29, 1.82) is 0 Å². The molecule has 1 rings (SSSR count). The molecule has 66 valence electrons. The van der Waals surface area contributed by atoms with Crippen LogP contribution in [0.2, 0.25) is 0 Å². The number of aryl methyl sites for hydroxylation is 1. The van der Waals surface area contributed by atoms with Gasteiger partial charge in [-0.15, -0.1) is 0 Å². The maximum absolute atomic E-state index is 11.1. The zero-order valence-electron chi connectivity index (χ0n) is 6.83. The van der Waals surface area contributed by atoms with Gasteiger partial charge in [0.15, 0.2) is 9.84 Å². The molecule has 0 aromatic heterocycles. The van der Waals surface area contributed by atoms with Crippen molar-refractivity contribution in [2.24, 2.45) is 0 Å². The standard InChI is InChI=1S/C8H9IO2S/c1-6-3-4-7(5-8(6)9)12(2,10)11/h3-5H,1-2H3. The molecule has 4 heteroatoms. The summed E-state index contributed by atoms with van der Waals surface area (Å²) in [5, 5.41) is 0. The summed E-state index contributed by atoms with van der Waals surface area (Å²) in [6.45, 7) is 1.95. The molecular weight excluding hydrogens is 287 g/mol. The second-order valence-corrected chi connectivity index (χ2v) is 5.86. The number of benzene rings is 1. The van der Waals surface area contributed by atoms with Crippen molar-refractivity contribution < 1.29 is 8.42 Å². The maximum Gasteiger partial charge on any atom is 0.175 e. The molecule has 0 unspecified atom stereocenters. The lowest BCUT2D eigenvalue weighted by Crippen LogP contribution is -1.97. The lowest BCUT2D eigenvalue weighted by atomic mass is 10.2. The molecule has 1 aromatic carbocycles. The van der Waals surface area contributed by atoms with Crippen LogP contribution in [0.1, 0.15) is 5.56 Å². The first-order chi connectivity index (χ1) is 5.41. The Labute approximate surface area is 86.0 Å².